The van der Waals surface area contributed by atoms with E-state index in [1.165, 1.54) is 95.9 Å². The van der Waals surface area contributed by atoms with Gasteiger partial charge >= 0.3 is 26.8 Å². The summed E-state index contributed by atoms with van der Waals surface area (Å²) in [5.41, 5.74) is 10.9. The summed E-state index contributed by atoms with van der Waals surface area (Å²) in [6.45, 7) is 9.20. The predicted molar refractivity (Wildman–Crippen MR) is 213 cm³/mol. The van der Waals surface area contributed by atoms with E-state index in [-0.39, 0.29) is 56.6 Å². The molecule has 1 atom stereocenters. The van der Waals surface area contributed by atoms with E-state index in [1.54, 1.807) is 19.2 Å². The van der Waals surface area contributed by atoms with E-state index in [0.29, 0.717) is 11.6 Å². The summed E-state index contributed by atoms with van der Waals surface area (Å²) in [4.78, 5) is 2.59. The van der Waals surface area contributed by atoms with Crippen molar-refractivity contribution in [1.82, 2.24) is 4.90 Å². The molecule has 1 fully saturated rings. The predicted octanol–water partition coefficient (Wildman–Crippen LogP) is 12.1. The second-order valence-electron chi connectivity index (χ2n) is 12.8. The Morgan fingerprint density at radius 1 is 0.800 bits per heavy atom. The number of halogens is 3. The van der Waals surface area contributed by atoms with Crippen LogP contribution in [0.5, 0.6) is 5.75 Å². The number of nitrogens with zero attached hydrogens (tertiary/aromatic N) is 1. The molecule has 7 heteroatoms. The summed E-state index contributed by atoms with van der Waals surface area (Å²) in [5, 5.41) is 10.4. The molecule has 7 rings (SSSR count). The molecule has 1 heterocycles. The van der Waals surface area contributed by atoms with Gasteiger partial charge in [0.15, 0.2) is 0 Å². The Morgan fingerprint density at radius 3 is 2.06 bits per heavy atom. The molecular weight excluding hydrogens is 712 g/mol. The number of unbranched alkanes of at least 4 members (excludes halogenated alkanes) is 2. The quantitative estimate of drug-likeness (QED) is 0.143. The third-order valence-corrected chi connectivity index (χ3v) is 9.95. The Balaban J connectivity index is 0.000000508. The third kappa shape index (κ3) is 9.43. The van der Waals surface area contributed by atoms with Crippen LogP contribution in [0.25, 0.3) is 22.3 Å². The van der Waals surface area contributed by atoms with Crippen molar-refractivity contribution in [2.24, 2.45) is 0 Å². The SMILES string of the molecule is CC1=[C-]c2ccccc2C1N1CCCC1.CCCCC1(CCCC)c2ccccc2-c2ccc(-c3cc(F)ccc3O)cc21.Cl.Cl.[CH3-].[CH3-].[Si]=[Ti]. The molecule has 0 spiro atoms. The molecular formula is C43H53Cl2FNOSiTi-3. The first-order valence-electron chi connectivity index (χ1n) is 16.9. The van der Waals surface area contributed by atoms with Gasteiger partial charge in [-0.1, -0.05) is 88.9 Å². The van der Waals surface area contributed by atoms with Crippen molar-refractivity contribution in [1.29, 1.82) is 0 Å². The summed E-state index contributed by atoms with van der Waals surface area (Å²) in [6, 6.07) is 28.5. The Hall–Kier alpha value is -2.18. The second kappa shape index (κ2) is 21.4. The first kappa shape index (κ1) is 45.8. The molecule has 2 nitrogen and oxygen atoms in total. The van der Waals surface area contributed by atoms with Crippen molar-refractivity contribution in [3.63, 3.8) is 0 Å². The average molecular weight is 766 g/mol. The number of aromatic hydroxyl groups is 1. The second-order valence-corrected chi connectivity index (χ2v) is 12.8. The molecule has 1 N–H and O–H groups in total. The Bertz CT molecular complexity index is 1680. The minimum atomic E-state index is -0.329. The number of hydrogen-bond acceptors (Lipinski definition) is 2. The molecule has 1 saturated heterocycles. The van der Waals surface area contributed by atoms with Crippen LogP contribution >= 0.6 is 24.8 Å². The normalized spacial score (nSPS) is 15.7. The molecule has 1 unspecified atom stereocenters. The van der Waals surface area contributed by atoms with Crippen molar-refractivity contribution >= 4 is 32.4 Å². The molecule has 50 heavy (non-hydrogen) atoms. The van der Waals surface area contributed by atoms with Crippen LogP contribution in [0.1, 0.15) is 100 Å². The van der Waals surface area contributed by atoms with Gasteiger partial charge in [-0.25, -0.2) is 4.39 Å². The van der Waals surface area contributed by atoms with E-state index >= 15 is 0 Å². The van der Waals surface area contributed by atoms with Gasteiger partial charge in [0.05, 0.1) is 0 Å². The molecule has 0 amide bonds. The molecule has 0 bridgehead atoms. The van der Waals surface area contributed by atoms with Crippen LogP contribution in [-0.4, -0.2) is 30.7 Å². The van der Waals surface area contributed by atoms with Crippen molar-refractivity contribution in [3.8, 4) is 28.0 Å². The van der Waals surface area contributed by atoms with Gasteiger partial charge in [-0.05, 0) is 90.9 Å². The van der Waals surface area contributed by atoms with Crippen molar-refractivity contribution in [2.75, 3.05) is 13.1 Å². The molecule has 0 saturated carbocycles. The van der Waals surface area contributed by atoms with Crippen LogP contribution < -0.4 is 0 Å². The van der Waals surface area contributed by atoms with Gasteiger partial charge in [0.1, 0.15) is 11.6 Å². The van der Waals surface area contributed by atoms with Crippen LogP contribution in [0.2, 0.25) is 0 Å². The first-order valence-corrected chi connectivity index (χ1v) is 19.7. The average Bonchev–Trinajstić information content (AvgIpc) is 3.80. The zero-order valence-electron chi connectivity index (χ0n) is 30.3. The number of phenolic OH excluding ortho intramolecular Hbond substituents is 1. The topological polar surface area (TPSA) is 23.5 Å². The van der Waals surface area contributed by atoms with Gasteiger partial charge in [0.2, 0.25) is 0 Å². The van der Waals surface area contributed by atoms with Gasteiger partial charge in [-0.15, -0.1) is 48.1 Å². The molecule has 3 aliphatic rings. The first-order chi connectivity index (χ1) is 22.5. The fourth-order valence-corrected chi connectivity index (χ4v) is 7.82. The number of likely N-dealkylation sites (tertiary alicyclic amines) is 1. The summed E-state index contributed by atoms with van der Waals surface area (Å²) in [6.07, 6.45) is 13.1. The number of rotatable bonds is 8. The monoisotopic (exact) mass is 764 g/mol. The summed E-state index contributed by atoms with van der Waals surface area (Å²) in [5.74, 6) is -0.209. The minimum absolute atomic E-state index is 0. The Kier molecular flexibility index (Phi) is 19.6. The Morgan fingerprint density at radius 2 is 1.40 bits per heavy atom. The molecule has 2 aliphatic carbocycles. The fourth-order valence-electron chi connectivity index (χ4n) is 7.82. The van der Waals surface area contributed by atoms with E-state index in [1.807, 2.05) is 6.07 Å². The fraction of sp³-hybridized carbons (Fsp3) is 0.349. The molecule has 4 aromatic rings. The molecule has 4 aromatic carbocycles. The molecule has 1 aliphatic heterocycles. The van der Waals surface area contributed by atoms with Gasteiger partial charge in [0.25, 0.3) is 0 Å². The van der Waals surface area contributed by atoms with Crippen molar-refractivity contribution < 1.29 is 28.7 Å². The summed E-state index contributed by atoms with van der Waals surface area (Å²) in [7, 11) is 2.97. The van der Waals surface area contributed by atoms with Crippen LogP contribution in [0, 0.1) is 26.7 Å². The van der Waals surface area contributed by atoms with Gasteiger partial charge < -0.3 is 24.9 Å². The van der Waals surface area contributed by atoms with E-state index in [9.17, 15) is 9.50 Å². The summed E-state index contributed by atoms with van der Waals surface area (Å²) < 4.78 is 13.9. The maximum absolute atomic E-state index is 13.9. The number of fused-ring (bicyclic) bond motifs is 4. The number of hydrogen-bond donors (Lipinski definition) is 1. The zero-order chi connectivity index (χ0) is 32.7. The summed E-state index contributed by atoms with van der Waals surface area (Å²) >= 11 is 1.81. The van der Waals surface area contributed by atoms with Crippen LogP contribution in [0.15, 0.2) is 90.5 Å². The number of benzene rings is 4. The zero-order valence-corrected chi connectivity index (χ0v) is 34.5. The third-order valence-electron chi connectivity index (χ3n) is 9.95. The van der Waals surface area contributed by atoms with Gasteiger partial charge in [-0.3, -0.25) is 0 Å². The maximum atomic E-state index is 13.9. The van der Waals surface area contributed by atoms with Gasteiger partial charge in [0, 0.05) is 17.0 Å². The van der Waals surface area contributed by atoms with Crippen LogP contribution in [0.3, 0.4) is 0 Å². The van der Waals surface area contributed by atoms with E-state index in [4.69, 9.17) is 0 Å². The van der Waals surface area contributed by atoms with Crippen molar-refractivity contribution in [2.45, 2.75) is 83.6 Å². The Labute approximate surface area is 328 Å². The van der Waals surface area contributed by atoms with Crippen LogP contribution in [-0.2, 0) is 24.6 Å². The number of phenols is 1. The van der Waals surface area contributed by atoms with E-state index < -0.39 is 0 Å². The van der Waals surface area contributed by atoms with Crippen LogP contribution in [0.4, 0.5) is 4.39 Å². The molecule has 0 aromatic heterocycles. The standard InChI is InChI=1S/C27H29FO.C14H16N.2CH3.2ClH.Si.Ti/c1-3-5-15-27(16-6-4-2)24-10-8-7-9-21(24)22-13-11-19(17-25(22)27)23-18-20(28)12-14-26(23)29;1-11-10-12-6-2-3-7-13(12)14(11)15-8-4-5-9-15;;;;;;/h7-14,17-18,29H,3-6,15-16H2,1-2H3;2-3,6-7,14H,4-5,8-9H2,1H3;2*1H3;2*1H;;/q;3*-1;;;;. The van der Waals surface area contributed by atoms with Gasteiger partial charge in [-0.2, -0.15) is 17.7 Å². The molecule has 2 radical (unpaired) electrons. The van der Waals surface area contributed by atoms with E-state index in [2.05, 4.69) is 100 Å². The van der Waals surface area contributed by atoms with Crippen molar-refractivity contribution in [3.05, 3.63) is 140 Å². The molecule has 268 valence electrons. The van der Waals surface area contributed by atoms with E-state index in [0.717, 1.165) is 31.2 Å².